The van der Waals surface area contributed by atoms with Gasteiger partial charge in [0.25, 0.3) is 5.69 Å². The molecule has 88 valence electrons. The topological polar surface area (TPSA) is 43.1 Å². The van der Waals surface area contributed by atoms with Crippen molar-refractivity contribution in [1.82, 2.24) is 0 Å². The summed E-state index contributed by atoms with van der Waals surface area (Å²) in [4.78, 5) is 10.2. The van der Waals surface area contributed by atoms with Gasteiger partial charge in [0.2, 0.25) is 0 Å². The predicted octanol–water partition coefficient (Wildman–Crippen LogP) is 3.68. The molecule has 5 heteroatoms. The van der Waals surface area contributed by atoms with E-state index in [1.807, 2.05) is 6.92 Å². The van der Waals surface area contributed by atoms with Crippen LogP contribution in [0.2, 0.25) is 0 Å². The van der Waals surface area contributed by atoms with Crippen molar-refractivity contribution < 1.29 is 9.31 Å². The molecule has 1 aromatic carbocycles. The van der Waals surface area contributed by atoms with Crippen LogP contribution >= 0.6 is 11.6 Å². The molecule has 0 saturated carbocycles. The first kappa shape index (κ1) is 12.9. The Labute approximate surface area is 98.4 Å². The molecule has 0 fully saturated rings. The third-order valence-electron chi connectivity index (χ3n) is 2.28. The van der Waals surface area contributed by atoms with Gasteiger partial charge in [0.1, 0.15) is 5.82 Å². The Morgan fingerprint density at radius 1 is 1.56 bits per heavy atom. The molecule has 1 rings (SSSR count). The van der Waals surface area contributed by atoms with Crippen LogP contribution in [0.3, 0.4) is 0 Å². The highest BCUT2D eigenvalue weighted by Crippen LogP contribution is 2.23. The summed E-state index contributed by atoms with van der Waals surface area (Å²) in [7, 11) is 0. The Morgan fingerprint density at radius 3 is 2.81 bits per heavy atom. The molecule has 1 unspecified atom stereocenters. The lowest BCUT2D eigenvalue weighted by Crippen LogP contribution is -2.05. The van der Waals surface area contributed by atoms with Gasteiger partial charge in [-0.15, -0.1) is 11.6 Å². The van der Waals surface area contributed by atoms with Gasteiger partial charge in [-0.25, -0.2) is 4.39 Å². The SMILES string of the molecule is CCCC(Cl)Cc1cc(F)ccc1[N+](=O)[O-]. The second kappa shape index (κ2) is 5.80. The standard InChI is InChI=1S/C11H13ClFNO2/c1-2-3-9(12)6-8-7-10(13)4-5-11(8)14(15)16/h4-5,7,9H,2-3,6H2,1H3. The summed E-state index contributed by atoms with van der Waals surface area (Å²) in [5, 5.41) is 10.5. The van der Waals surface area contributed by atoms with Gasteiger partial charge >= 0.3 is 0 Å². The van der Waals surface area contributed by atoms with Crippen molar-refractivity contribution in [2.45, 2.75) is 31.6 Å². The average Bonchev–Trinajstić information content (AvgIpc) is 2.17. The minimum atomic E-state index is -0.510. The van der Waals surface area contributed by atoms with Crippen molar-refractivity contribution in [3.8, 4) is 0 Å². The van der Waals surface area contributed by atoms with Crippen molar-refractivity contribution >= 4 is 17.3 Å². The molecule has 16 heavy (non-hydrogen) atoms. The molecule has 0 bridgehead atoms. The zero-order valence-electron chi connectivity index (χ0n) is 8.95. The monoisotopic (exact) mass is 245 g/mol. The maximum atomic E-state index is 13.0. The quantitative estimate of drug-likeness (QED) is 0.451. The molecule has 0 aliphatic carbocycles. The number of rotatable bonds is 5. The van der Waals surface area contributed by atoms with E-state index >= 15 is 0 Å². The highest BCUT2D eigenvalue weighted by atomic mass is 35.5. The zero-order chi connectivity index (χ0) is 12.1. The summed E-state index contributed by atoms with van der Waals surface area (Å²) >= 11 is 6.00. The number of hydrogen-bond acceptors (Lipinski definition) is 2. The molecule has 0 radical (unpaired) electrons. The van der Waals surface area contributed by atoms with E-state index in [0.29, 0.717) is 12.0 Å². The van der Waals surface area contributed by atoms with Gasteiger partial charge in [-0.2, -0.15) is 0 Å². The van der Waals surface area contributed by atoms with E-state index in [1.54, 1.807) is 0 Å². The highest BCUT2D eigenvalue weighted by molar-refractivity contribution is 6.20. The molecule has 0 saturated heterocycles. The first-order chi connectivity index (χ1) is 7.54. The Bertz CT molecular complexity index is 384. The van der Waals surface area contributed by atoms with Crippen molar-refractivity contribution in [1.29, 1.82) is 0 Å². The number of hydrogen-bond donors (Lipinski definition) is 0. The predicted molar refractivity (Wildman–Crippen MR) is 61.3 cm³/mol. The number of nitro groups is 1. The van der Waals surface area contributed by atoms with Gasteiger partial charge < -0.3 is 0 Å². The number of nitro benzene ring substituents is 1. The van der Waals surface area contributed by atoms with Crippen molar-refractivity contribution in [2.75, 3.05) is 0 Å². The smallest absolute Gasteiger partial charge is 0.258 e. The molecule has 0 N–H and O–H groups in total. The van der Waals surface area contributed by atoms with Crippen LogP contribution in [-0.4, -0.2) is 10.3 Å². The number of alkyl halides is 1. The zero-order valence-corrected chi connectivity index (χ0v) is 9.71. The van der Waals surface area contributed by atoms with E-state index in [9.17, 15) is 14.5 Å². The van der Waals surface area contributed by atoms with Crippen LogP contribution in [0.5, 0.6) is 0 Å². The maximum absolute atomic E-state index is 13.0. The van der Waals surface area contributed by atoms with Gasteiger partial charge in [0.15, 0.2) is 0 Å². The first-order valence-corrected chi connectivity index (χ1v) is 5.55. The minimum Gasteiger partial charge on any atom is -0.258 e. The summed E-state index contributed by atoms with van der Waals surface area (Å²) in [5.41, 5.74) is 0.293. The van der Waals surface area contributed by atoms with Crippen LogP contribution in [0.25, 0.3) is 0 Å². The molecule has 0 heterocycles. The van der Waals surface area contributed by atoms with Crippen LogP contribution in [-0.2, 0) is 6.42 Å². The van der Waals surface area contributed by atoms with Crippen LogP contribution in [0.4, 0.5) is 10.1 Å². The van der Waals surface area contributed by atoms with Crippen LogP contribution in [0.15, 0.2) is 18.2 Å². The Hall–Kier alpha value is -1.16. The first-order valence-electron chi connectivity index (χ1n) is 5.11. The number of halogens is 2. The molecule has 1 atom stereocenters. The third kappa shape index (κ3) is 3.45. The van der Waals surface area contributed by atoms with Gasteiger partial charge in [0, 0.05) is 17.0 Å². The third-order valence-corrected chi connectivity index (χ3v) is 2.65. The number of nitrogens with zero attached hydrogens (tertiary/aromatic N) is 1. The molecule has 3 nitrogen and oxygen atoms in total. The largest absolute Gasteiger partial charge is 0.272 e. The van der Waals surface area contributed by atoms with Crippen molar-refractivity contribution in [3.05, 3.63) is 39.7 Å². The molecule has 0 aromatic heterocycles. The molecule has 0 amide bonds. The van der Waals surface area contributed by atoms with E-state index < -0.39 is 10.7 Å². The molecule has 0 aliphatic heterocycles. The Kier molecular flexibility index (Phi) is 4.68. The fourth-order valence-corrected chi connectivity index (χ4v) is 1.93. The number of benzene rings is 1. The van der Waals surface area contributed by atoms with Crippen molar-refractivity contribution in [2.24, 2.45) is 0 Å². The van der Waals surface area contributed by atoms with Crippen LogP contribution in [0.1, 0.15) is 25.3 Å². The lowest BCUT2D eigenvalue weighted by molar-refractivity contribution is -0.385. The van der Waals surface area contributed by atoms with Gasteiger partial charge in [-0.05, 0) is 25.0 Å². The second-order valence-corrected chi connectivity index (χ2v) is 4.24. The van der Waals surface area contributed by atoms with Crippen molar-refractivity contribution in [3.63, 3.8) is 0 Å². The average molecular weight is 246 g/mol. The van der Waals surface area contributed by atoms with Crippen LogP contribution < -0.4 is 0 Å². The normalized spacial score (nSPS) is 12.4. The lowest BCUT2D eigenvalue weighted by atomic mass is 10.0. The second-order valence-electron chi connectivity index (χ2n) is 3.62. The fraction of sp³-hybridized carbons (Fsp3) is 0.455. The van der Waals surface area contributed by atoms with E-state index in [0.717, 1.165) is 18.9 Å². The summed E-state index contributed by atoms with van der Waals surface area (Å²) in [6, 6.07) is 3.45. The summed E-state index contributed by atoms with van der Waals surface area (Å²) in [6.07, 6.45) is 1.98. The summed E-state index contributed by atoms with van der Waals surface area (Å²) in [6.45, 7) is 1.98. The van der Waals surface area contributed by atoms with Gasteiger partial charge in [-0.1, -0.05) is 13.3 Å². The Morgan fingerprint density at radius 2 is 2.25 bits per heavy atom. The van der Waals surface area contributed by atoms with E-state index in [4.69, 9.17) is 11.6 Å². The van der Waals surface area contributed by atoms with Crippen LogP contribution in [0, 0.1) is 15.9 Å². The van der Waals surface area contributed by atoms with Gasteiger partial charge in [-0.3, -0.25) is 10.1 Å². The molecule has 1 aromatic rings. The fourth-order valence-electron chi connectivity index (χ4n) is 1.55. The van der Waals surface area contributed by atoms with E-state index in [1.165, 1.54) is 12.1 Å². The summed E-state index contributed by atoms with van der Waals surface area (Å²) in [5.74, 6) is -0.471. The minimum absolute atomic E-state index is 0.0665. The highest BCUT2D eigenvalue weighted by Gasteiger charge is 2.17. The molecule has 0 spiro atoms. The summed E-state index contributed by atoms with van der Waals surface area (Å²) < 4.78 is 13.0. The maximum Gasteiger partial charge on any atom is 0.272 e. The van der Waals surface area contributed by atoms with E-state index in [-0.39, 0.29) is 11.1 Å². The molecule has 0 aliphatic rings. The molecular formula is C11H13ClFNO2. The lowest BCUT2D eigenvalue weighted by Gasteiger charge is -2.08. The Balaban J connectivity index is 2.92. The molecular weight excluding hydrogens is 233 g/mol. The van der Waals surface area contributed by atoms with E-state index in [2.05, 4.69) is 0 Å². The van der Waals surface area contributed by atoms with Gasteiger partial charge in [0.05, 0.1) is 4.92 Å².